The highest BCUT2D eigenvalue weighted by atomic mass is 16.3. The van der Waals surface area contributed by atoms with Crippen molar-refractivity contribution in [3.63, 3.8) is 0 Å². The topological polar surface area (TPSA) is 123 Å². The first-order valence-corrected chi connectivity index (χ1v) is 9.93. The second-order valence-corrected chi connectivity index (χ2v) is 7.72. The van der Waals surface area contributed by atoms with E-state index in [0.29, 0.717) is 11.5 Å². The SMILES string of the molecule is NC(c1cccc(-c2ccc3cnn(-c4cncc(CO)n4)c3c2)n1)[C@H]1C[C@@H](O)C1. The zero-order valence-electron chi connectivity index (χ0n) is 16.3. The average molecular weight is 402 g/mol. The predicted molar refractivity (Wildman–Crippen MR) is 111 cm³/mol. The molecule has 1 fully saturated rings. The normalized spacial score (nSPS) is 19.6. The molecule has 30 heavy (non-hydrogen) atoms. The van der Waals surface area contributed by atoms with E-state index in [2.05, 4.69) is 15.1 Å². The number of benzene rings is 1. The lowest BCUT2D eigenvalue weighted by Gasteiger charge is -2.35. The van der Waals surface area contributed by atoms with Crippen LogP contribution in [0, 0.1) is 5.92 Å². The van der Waals surface area contributed by atoms with Crippen molar-refractivity contribution < 1.29 is 10.2 Å². The minimum atomic E-state index is -0.237. The second kappa shape index (κ2) is 7.56. The van der Waals surface area contributed by atoms with Gasteiger partial charge >= 0.3 is 0 Å². The Morgan fingerprint density at radius 3 is 2.77 bits per heavy atom. The summed E-state index contributed by atoms with van der Waals surface area (Å²) in [5, 5.41) is 24.3. The molecule has 0 bridgehead atoms. The van der Waals surface area contributed by atoms with Gasteiger partial charge in [0, 0.05) is 10.9 Å². The van der Waals surface area contributed by atoms with Crippen LogP contribution in [-0.2, 0) is 6.61 Å². The van der Waals surface area contributed by atoms with E-state index in [-0.39, 0.29) is 24.7 Å². The standard InChI is InChI=1S/C22H22N6O2/c23-22(15-6-17(30)7-15)19-3-1-2-18(27-19)13-4-5-14-9-25-28(20(14)8-13)21-11-24-10-16(12-29)26-21/h1-5,8-11,15,17,22,29-30H,6-7,12,23H2/t15-,17+,22?. The van der Waals surface area contributed by atoms with Crippen LogP contribution < -0.4 is 5.73 Å². The highest BCUT2D eigenvalue weighted by Gasteiger charge is 2.33. The molecule has 4 aromatic rings. The number of nitrogens with two attached hydrogens (primary N) is 1. The quantitative estimate of drug-likeness (QED) is 0.467. The summed E-state index contributed by atoms with van der Waals surface area (Å²) in [6.07, 6.45) is 6.13. The summed E-state index contributed by atoms with van der Waals surface area (Å²) >= 11 is 0. The van der Waals surface area contributed by atoms with E-state index in [1.807, 2.05) is 36.4 Å². The lowest BCUT2D eigenvalue weighted by Crippen LogP contribution is -2.36. The Balaban J connectivity index is 1.52. The fourth-order valence-electron chi connectivity index (χ4n) is 3.90. The van der Waals surface area contributed by atoms with Crippen molar-refractivity contribution in [3.05, 3.63) is 66.4 Å². The van der Waals surface area contributed by atoms with Crippen molar-refractivity contribution in [1.82, 2.24) is 24.7 Å². The number of pyridine rings is 1. The van der Waals surface area contributed by atoms with Crippen molar-refractivity contribution >= 4 is 10.9 Å². The van der Waals surface area contributed by atoms with Crippen molar-refractivity contribution in [2.24, 2.45) is 11.7 Å². The maximum atomic E-state index is 9.57. The number of nitrogens with zero attached hydrogens (tertiary/aromatic N) is 5. The molecule has 1 aliphatic carbocycles. The van der Waals surface area contributed by atoms with E-state index in [1.54, 1.807) is 17.1 Å². The average Bonchev–Trinajstić information content (AvgIpc) is 3.20. The molecule has 0 radical (unpaired) electrons. The molecule has 1 aromatic carbocycles. The largest absolute Gasteiger partial charge is 0.393 e. The molecule has 0 spiro atoms. The minimum absolute atomic E-state index is 0.180. The fraction of sp³-hybridized carbons (Fsp3) is 0.273. The first-order chi connectivity index (χ1) is 14.6. The van der Waals surface area contributed by atoms with Gasteiger partial charge in [0.25, 0.3) is 0 Å². The number of aliphatic hydroxyl groups excluding tert-OH is 2. The molecular formula is C22H22N6O2. The third-order valence-corrected chi connectivity index (χ3v) is 5.69. The van der Waals surface area contributed by atoms with Crippen LogP contribution in [0.15, 0.2) is 55.0 Å². The van der Waals surface area contributed by atoms with E-state index in [9.17, 15) is 10.2 Å². The number of hydrogen-bond acceptors (Lipinski definition) is 7. The molecule has 3 aromatic heterocycles. The summed E-state index contributed by atoms with van der Waals surface area (Å²) in [6, 6.07) is 11.7. The third-order valence-electron chi connectivity index (χ3n) is 5.69. The molecule has 5 rings (SSSR count). The number of rotatable bonds is 5. The van der Waals surface area contributed by atoms with Crippen LogP contribution in [0.2, 0.25) is 0 Å². The van der Waals surface area contributed by atoms with Crippen LogP contribution in [0.1, 0.15) is 30.3 Å². The smallest absolute Gasteiger partial charge is 0.172 e. The minimum Gasteiger partial charge on any atom is -0.393 e. The van der Waals surface area contributed by atoms with Crippen molar-refractivity contribution in [2.75, 3.05) is 0 Å². The van der Waals surface area contributed by atoms with Gasteiger partial charge in [-0.25, -0.2) is 9.67 Å². The molecule has 0 amide bonds. The maximum absolute atomic E-state index is 9.57. The molecule has 0 saturated heterocycles. The van der Waals surface area contributed by atoms with Gasteiger partial charge < -0.3 is 15.9 Å². The van der Waals surface area contributed by atoms with Crippen LogP contribution in [0.5, 0.6) is 0 Å². The summed E-state index contributed by atoms with van der Waals surface area (Å²) in [5.41, 5.74) is 10.3. The zero-order valence-corrected chi connectivity index (χ0v) is 16.3. The molecule has 1 saturated carbocycles. The van der Waals surface area contributed by atoms with Crippen LogP contribution in [0.4, 0.5) is 0 Å². The summed E-state index contributed by atoms with van der Waals surface area (Å²) in [6.45, 7) is -0.180. The highest BCUT2D eigenvalue weighted by Crippen LogP contribution is 2.36. The monoisotopic (exact) mass is 402 g/mol. The summed E-state index contributed by atoms with van der Waals surface area (Å²) in [5.74, 6) is 0.810. The van der Waals surface area contributed by atoms with Gasteiger partial charge in [-0.2, -0.15) is 5.10 Å². The van der Waals surface area contributed by atoms with Gasteiger partial charge in [-0.05, 0) is 37.0 Å². The lowest BCUT2D eigenvalue weighted by atomic mass is 9.76. The van der Waals surface area contributed by atoms with Crippen molar-refractivity contribution in [3.8, 4) is 17.1 Å². The van der Waals surface area contributed by atoms with Gasteiger partial charge in [-0.3, -0.25) is 9.97 Å². The Hall–Kier alpha value is -3.20. The molecule has 1 unspecified atom stereocenters. The van der Waals surface area contributed by atoms with Crippen molar-refractivity contribution in [1.29, 1.82) is 0 Å². The van der Waals surface area contributed by atoms with Gasteiger partial charge in [0.2, 0.25) is 0 Å². The summed E-state index contributed by atoms with van der Waals surface area (Å²) in [4.78, 5) is 13.3. The van der Waals surface area contributed by atoms with Crippen LogP contribution in [0.25, 0.3) is 28.0 Å². The summed E-state index contributed by atoms with van der Waals surface area (Å²) in [7, 11) is 0. The third kappa shape index (κ3) is 3.35. The van der Waals surface area contributed by atoms with Gasteiger partial charge in [-0.1, -0.05) is 18.2 Å². The van der Waals surface area contributed by atoms with Gasteiger partial charge in [0.15, 0.2) is 5.82 Å². The molecule has 4 N–H and O–H groups in total. The van der Waals surface area contributed by atoms with E-state index in [0.717, 1.165) is 40.7 Å². The first-order valence-electron chi connectivity index (χ1n) is 9.93. The summed E-state index contributed by atoms with van der Waals surface area (Å²) < 4.78 is 1.70. The molecule has 0 aliphatic heterocycles. The Bertz CT molecular complexity index is 1200. The Morgan fingerprint density at radius 2 is 1.97 bits per heavy atom. The Labute approximate surface area is 173 Å². The van der Waals surface area contributed by atoms with Crippen LogP contribution in [0.3, 0.4) is 0 Å². The molecule has 3 heterocycles. The Kier molecular flexibility index (Phi) is 4.74. The second-order valence-electron chi connectivity index (χ2n) is 7.72. The molecule has 1 aliphatic rings. The molecule has 8 nitrogen and oxygen atoms in total. The molecular weight excluding hydrogens is 380 g/mol. The number of aromatic nitrogens is 5. The number of fused-ring (bicyclic) bond motifs is 1. The highest BCUT2D eigenvalue weighted by molar-refractivity contribution is 5.84. The number of aliphatic hydroxyl groups is 2. The van der Waals surface area contributed by atoms with Gasteiger partial charge in [0.05, 0.1) is 59.9 Å². The van der Waals surface area contributed by atoms with E-state index in [1.165, 1.54) is 6.20 Å². The molecule has 152 valence electrons. The number of hydrogen-bond donors (Lipinski definition) is 3. The fourth-order valence-corrected chi connectivity index (χ4v) is 3.90. The predicted octanol–water partition coefficient (Wildman–Crippen LogP) is 2.14. The zero-order chi connectivity index (χ0) is 20.7. The van der Waals surface area contributed by atoms with Crippen LogP contribution >= 0.6 is 0 Å². The van der Waals surface area contributed by atoms with Gasteiger partial charge in [0.1, 0.15) is 0 Å². The molecule has 1 atom stereocenters. The van der Waals surface area contributed by atoms with E-state index in [4.69, 9.17) is 10.7 Å². The van der Waals surface area contributed by atoms with Gasteiger partial charge in [-0.15, -0.1) is 0 Å². The molecule has 8 heteroatoms. The van der Waals surface area contributed by atoms with E-state index >= 15 is 0 Å². The van der Waals surface area contributed by atoms with Crippen molar-refractivity contribution in [2.45, 2.75) is 31.6 Å². The maximum Gasteiger partial charge on any atom is 0.172 e. The first kappa shape index (κ1) is 18.8. The lowest BCUT2D eigenvalue weighted by molar-refractivity contribution is 0.0302. The van der Waals surface area contributed by atoms with Crippen LogP contribution in [-0.4, -0.2) is 41.0 Å². The van der Waals surface area contributed by atoms with E-state index < -0.39 is 0 Å². The Morgan fingerprint density at radius 1 is 1.10 bits per heavy atom.